The summed E-state index contributed by atoms with van der Waals surface area (Å²) in [6.45, 7) is 2.96. The molecule has 1 unspecified atom stereocenters. The monoisotopic (exact) mass is 308 g/mol. The highest BCUT2D eigenvalue weighted by molar-refractivity contribution is 9.10. The Morgan fingerprint density at radius 2 is 2.06 bits per heavy atom. The fraction of sp³-hybridized carbons (Fsp3) is 0.500. The molecular weight excluding hydrogens is 294 g/mol. The van der Waals surface area contributed by atoms with Gasteiger partial charge < -0.3 is 9.47 Å². The average molecular weight is 309 g/mol. The maximum absolute atomic E-state index is 13.3. The van der Waals surface area contributed by atoms with E-state index in [1.165, 1.54) is 14.0 Å². The van der Waals surface area contributed by atoms with Gasteiger partial charge in [0.25, 0.3) is 6.43 Å². The largest absolute Gasteiger partial charge is 0.359 e. The van der Waals surface area contributed by atoms with Crippen LogP contribution in [0.15, 0.2) is 22.7 Å². The lowest BCUT2D eigenvalue weighted by molar-refractivity contribution is -0.186. The molecule has 2 nitrogen and oxygen atoms in total. The molecule has 1 aromatic rings. The van der Waals surface area contributed by atoms with Crippen LogP contribution < -0.4 is 0 Å². The number of alkyl halides is 2. The second-order valence-electron chi connectivity index (χ2n) is 3.89. The highest BCUT2D eigenvalue weighted by Gasteiger charge is 2.40. The Morgan fingerprint density at radius 1 is 1.41 bits per heavy atom. The Kier molecular flexibility index (Phi) is 5.04. The molecule has 1 rings (SSSR count). The molecule has 0 aliphatic rings. The van der Waals surface area contributed by atoms with Gasteiger partial charge in [-0.3, -0.25) is 0 Å². The van der Waals surface area contributed by atoms with Gasteiger partial charge >= 0.3 is 0 Å². The third kappa shape index (κ3) is 3.03. The Hall–Kier alpha value is -0.520. The summed E-state index contributed by atoms with van der Waals surface area (Å²) in [5.41, 5.74) is -0.481. The van der Waals surface area contributed by atoms with Crippen LogP contribution in [0.5, 0.6) is 0 Å². The van der Waals surface area contributed by atoms with Gasteiger partial charge in [-0.1, -0.05) is 28.1 Å². The van der Waals surface area contributed by atoms with Crippen LogP contribution in [0.1, 0.15) is 18.1 Å². The maximum Gasteiger partial charge on any atom is 0.271 e. The van der Waals surface area contributed by atoms with Gasteiger partial charge in [0, 0.05) is 17.1 Å². The van der Waals surface area contributed by atoms with Gasteiger partial charge in [-0.2, -0.15) is 0 Å². The molecule has 0 fully saturated rings. The summed E-state index contributed by atoms with van der Waals surface area (Å²) in [4.78, 5) is 0. The van der Waals surface area contributed by atoms with Crippen molar-refractivity contribution in [3.8, 4) is 0 Å². The van der Waals surface area contributed by atoms with Crippen molar-refractivity contribution in [2.45, 2.75) is 25.9 Å². The van der Waals surface area contributed by atoms with E-state index >= 15 is 0 Å². The molecule has 0 amide bonds. The molecule has 0 aliphatic heterocycles. The lowest BCUT2D eigenvalue weighted by atomic mass is 9.92. The molecule has 0 aliphatic carbocycles. The number of ether oxygens (including phenoxy) is 2. The molecule has 0 saturated carbocycles. The molecule has 0 bridgehead atoms. The minimum atomic E-state index is -2.64. The van der Waals surface area contributed by atoms with E-state index in [4.69, 9.17) is 9.47 Å². The zero-order valence-corrected chi connectivity index (χ0v) is 11.6. The summed E-state index contributed by atoms with van der Waals surface area (Å²) >= 11 is 3.29. The van der Waals surface area contributed by atoms with Crippen molar-refractivity contribution in [3.63, 3.8) is 0 Å². The molecule has 5 heteroatoms. The first-order chi connectivity index (χ1) is 7.93. The highest BCUT2D eigenvalue weighted by Crippen LogP contribution is 2.38. The fourth-order valence-corrected chi connectivity index (χ4v) is 2.55. The van der Waals surface area contributed by atoms with E-state index in [1.54, 1.807) is 25.1 Å². The minimum absolute atomic E-state index is 0.179. The van der Waals surface area contributed by atoms with Crippen molar-refractivity contribution in [1.29, 1.82) is 0 Å². The molecule has 0 N–H and O–H groups in total. The Morgan fingerprint density at radius 3 is 2.53 bits per heavy atom. The summed E-state index contributed by atoms with van der Waals surface area (Å²) in [5.74, 6) is 0. The SMILES string of the molecule is COCOC(C)(c1c(C)cccc1Br)C(F)F. The van der Waals surface area contributed by atoms with Crippen LogP contribution in [-0.4, -0.2) is 20.3 Å². The fourth-order valence-electron chi connectivity index (χ4n) is 1.69. The molecular formula is C12H15BrF2O2. The van der Waals surface area contributed by atoms with Crippen LogP contribution in [0.25, 0.3) is 0 Å². The smallest absolute Gasteiger partial charge is 0.271 e. The van der Waals surface area contributed by atoms with Gasteiger partial charge in [0.05, 0.1) is 0 Å². The van der Waals surface area contributed by atoms with Crippen molar-refractivity contribution in [1.82, 2.24) is 0 Å². The summed E-state index contributed by atoms with van der Waals surface area (Å²) in [6, 6.07) is 5.29. The predicted octanol–water partition coefficient (Wildman–Crippen LogP) is 3.86. The number of hydrogen-bond donors (Lipinski definition) is 0. The van der Waals surface area contributed by atoms with Gasteiger partial charge in [0.15, 0.2) is 5.60 Å². The van der Waals surface area contributed by atoms with Crippen LogP contribution in [-0.2, 0) is 15.1 Å². The van der Waals surface area contributed by atoms with E-state index in [0.29, 0.717) is 10.0 Å². The second-order valence-corrected chi connectivity index (χ2v) is 4.74. The van der Waals surface area contributed by atoms with Gasteiger partial charge in [0.1, 0.15) is 6.79 Å². The summed E-state index contributed by atoms with van der Waals surface area (Å²) in [6.07, 6.45) is -2.64. The lowest BCUT2D eigenvalue weighted by Crippen LogP contribution is -2.36. The van der Waals surface area contributed by atoms with E-state index in [0.717, 1.165) is 5.56 Å². The maximum atomic E-state index is 13.3. The van der Waals surface area contributed by atoms with E-state index in [2.05, 4.69) is 15.9 Å². The molecule has 96 valence electrons. The van der Waals surface area contributed by atoms with Gasteiger partial charge in [-0.15, -0.1) is 0 Å². The first-order valence-corrected chi connectivity index (χ1v) is 5.89. The molecule has 1 aromatic carbocycles. The van der Waals surface area contributed by atoms with E-state index in [9.17, 15) is 8.78 Å². The lowest BCUT2D eigenvalue weighted by Gasteiger charge is -2.31. The predicted molar refractivity (Wildman–Crippen MR) is 65.2 cm³/mol. The van der Waals surface area contributed by atoms with Crippen LogP contribution in [0.3, 0.4) is 0 Å². The number of benzene rings is 1. The molecule has 1 atom stereocenters. The van der Waals surface area contributed by atoms with Crippen molar-refractivity contribution in [3.05, 3.63) is 33.8 Å². The first-order valence-electron chi connectivity index (χ1n) is 5.10. The zero-order valence-electron chi connectivity index (χ0n) is 9.97. The third-order valence-electron chi connectivity index (χ3n) is 2.61. The van der Waals surface area contributed by atoms with Gasteiger partial charge in [-0.25, -0.2) is 8.78 Å². The molecule has 0 spiro atoms. The van der Waals surface area contributed by atoms with Crippen LogP contribution in [0.4, 0.5) is 8.78 Å². The number of aryl methyl sites for hydroxylation is 1. The van der Waals surface area contributed by atoms with Crippen LogP contribution in [0, 0.1) is 6.92 Å². The van der Waals surface area contributed by atoms with Gasteiger partial charge in [-0.05, 0) is 25.5 Å². The van der Waals surface area contributed by atoms with Crippen molar-refractivity contribution in [2.75, 3.05) is 13.9 Å². The molecule has 0 radical (unpaired) electrons. The summed E-state index contributed by atoms with van der Waals surface area (Å²) < 4.78 is 37.0. The third-order valence-corrected chi connectivity index (χ3v) is 3.27. The first kappa shape index (κ1) is 14.5. The molecule has 0 saturated heterocycles. The topological polar surface area (TPSA) is 18.5 Å². The quantitative estimate of drug-likeness (QED) is 0.769. The van der Waals surface area contributed by atoms with E-state index in [1.807, 2.05) is 0 Å². The van der Waals surface area contributed by atoms with E-state index < -0.39 is 12.0 Å². The highest BCUT2D eigenvalue weighted by atomic mass is 79.9. The second kappa shape index (κ2) is 5.89. The standard InChI is InChI=1S/C12H15BrF2O2/c1-8-5-4-6-9(13)10(8)12(2,11(14)15)17-7-16-3/h4-6,11H,7H2,1-3H3. The number of halogens is 3. The Balaban J connectivity index is 3.22. The Bertz CT molecular complexity index is 365. The number of methoxy groups -OCH3 is 1. The summed E-state index contributed by atoms with van der Waals surface area (Å²) in [7, 11) is 1.40. The molecule has 0 heterocycles. The minimum Gasteiger partial charge on any atom is -0.359 e. The zero-order chi connectivity index (χ0) is 13.1. The normalized spacial score (nSPS) is 15.0. The van der Waals surface area contributed by atoms with Crippen LogP contribution >= 0.6 is 15.9 Å². The van der Waals surface area contributed by atoms with Crippen molar-refractivity contribution < 1.29 is 18.3 Å². The van der Waals surface area contributed by atoms with Crippen LogP contribution in [0.2, 0.25) is 0 Å². The number of rotatable bonds is 5. The molecule has 0 aromatic heterocycles. The average Bonchev–Trinajstić information content (AvgIpc) is 2.25. The number of hydrogen-bond acceptors (Lipinski definition) is 2. The van der Waals surface area contributed by atoms with Crippen molar-refractivity contribution in [2.24, 2.45) is 0 Å². The Labute approximate surface area is 108 Å². The molecule has 17 heavy (non-hydrogen) atoms. The summed E-state index contributed by atoms with van der Waals surface area (Å²) in [5, 5.41) is 0. The van der Waals surface area contributed by atoms with Gasteiger partial charge in [0.2, 0.25) is 0 Å². The van der Waals surface area contributed by atoms with Crippen molar-refractivity contribution >= 4 is 15.9 Å². The van der Waals surface area contributed by atoms with E-state index in [-0.39, 0.29) is 6.79 Å².